The number of amides is 1. The van der Waals surface area contributed by atoms with Crippen LogP contribution in [0, 0.1) is 11.7 Å². The van der Waals surface area contributed by atoms with Crippen molar-refractivity contribution in [3.63, 3.8) is 0 Å². The first-order chi connectivity index (χ1) is 15.1. The van der Waals surface area contributed by atoms with Crippen LogP contribution in [0.3, 0.4) is 0 Å². The van der Waals surface area contributed by atoms with Gasteiger partial charge in [-0.2, -0.15) is 0 Å². The van der Waals surface area contributed by atoms with Crippen LogP contribution in [-0.4, -0.2) is 35.5 Å². The number of carbonyl (C=O) groups excluding carboxylic acids is 2. The maximum Gasteiger partial charge on any atom is 0.410 e. The van der Waals surface area contributed by atoms with Gasteiger partial charge in [0.15, 0.2) is 5.78 Å². The van der Waals surface area contributed by atoms with Gasteiger partial charge in [0.05, 0.1) is 12.2 Å². The smallest absolute Gasteiger partial charge is 0.410 e. The summed E-state index contributed by atoms with van der Waals surface area (Å²) in [5, 5.41) is 0. The molecule has 31 heavy (non-hydrogen) atoms. The Kier molecular flexibility index (Phi) is 6.54. The second kappa shape index (κ2) is 9.50. The first-order valence-electron chi connectivity index (χ1n) is 11.0. The summed E-state index contributed by atoms with van der Waals surface area (Å²) < 4.78 is 25.0. The average molecular weight is 426 g/mol. The van der Waals surface area contributed by atoms with Crippen LogP contribution in [0.25, 0.3) is 0 Å². The maximum absolute atomic E-state index is 13.9. The van der Waals surface area contributed by atoms with Crippen LogP contribution in [0.1, 0.15) is 54.9 Å². The molecule has 2 aromatic carbocycles. The number of piperidine rings is 2. The number of ether oxygens (including phenoxy) is 2. The van der Waals surface area contributed by atoms with Gasteiger partial charge < -0.3 is 14.4 Å². The normalized spacial score (nSPS) is 22.6. The van der Waals surface area contributed by atoms with Crippen molar-refractivity contribution in [2.75, 3.05) is 6.61 Å². The molecule has 2 aliphatic rings. The predicted molar refractivity (Wildman–Crippen MR) is 115 cm³/mol. The van der Waals surface area contributed by atoms with E-state index >= 15 is 0 Å². The lowest BCUT2D eigenvalue weighted by Gasteiger charge is -2.47. The SMILES string of the molecule is CCOc1ccc(F)cc1C(=O)C1CC2CCCC(C1)N2C(=O)OCc1ccccc1. The van der Waals surface area contributed by atoms with E-state index in [1.165, 1.54) is 18.2 Å². The predicted octanol–water partition coefficient (Wildman–Crippen LogP) is 5.38. The summed E-state index contributed by atoms with van der Waals surface area (Å²) in [4.78, 5) is 28.0. The summed E-state index contributed by atoms with van der Waals surface area (Å²) in [7, 11) is 0. The number of fused-ring (bicyclic) bond motifs is 2. The largest absolute Gasteiger partial charge is 0.493 e. The average Bonchev–Trinajstić information content (AvgIpc) is 2.78. The van der Waals surface area contributed by atoms with Gasteiger partial charge in [-0.1, -0.05) is 30.3 Å². The van der Waals surface area contributed by atoms with Crippen molar-refractivity contribution in [2.24, 2.45) is 5.92 Å². The number of rotatable bonds is 6. The molecule has 0 radical (unpaired) electrons. The Labute approximate surface area is 182 Å². The van der Waals surface area contributed by atoms with Gasteiger partial charge in [-0.3, -0.25) is 4.79 Å². The summed E-state index contributed by atoms with van der Waals surface area (Å²) in [5.41, 5.74) is 1.24. The third-order valence-electron chi connectivity index (χ3n) is 6.27. The van der Waals surface area contributed by atoms with E-state index in [4.69, 9.17) is 9.47 Å². The highest BCUT2D eigenvalue weighted by molar-refractivity contribution is 6.00. The third kappa shape index (κ3) is 4.73. The fourth-order valence-corrected chi connectivity index (χ4v) is 4.88. The molecule has 0 aliphatic carbocycles. The molecule has 164 valence electrons. The van der Waals surface area contributed by atoms with Gasteiger partial charge in [-0.25, -0.2) is 9.18 Å². The van der Waals surface area contributed by atoms with E-state index in [-0.39, 0.29) is 36.5 Å². The zero-order chi connectivity index (χ0) is 21.8. The lowest BCUT2D eigenvalue weighted by atomic mass is 9.75. The minimum atomic E-state index is -0.450. The van der Waals surface area contributed by atoms with Crippen molar-refractivity contribution in [2.45, 2.75) is 57.7 Å². The fraction of sp³-hybridized carbons (Fsp3) is 0.440. The van der Waals surface area contributed by atoms with Crippen LogP contribution in [0.15, 0.2) is 48.5 Å². The van der Waals surface area contributed by atoms with Crippen LogP contribution in [-0.2, 0) is 11.3 Å². The number of hydrogen-bond acceptors (Lipinski definition) is 4. The molecule has 0 saturated carbocycles. The van der Waals surface area contributed by atoms with Gasteiger partial charge in [0.2, 0.25) is 0 Å². The van der Waals surface area contributed by atoms with E-state index in [9.17, 15) is 14.0 Å². The molecule has 1 amide bonds. The van der Waals surface area contributed by atoms with E-state index < -0.39 is 5.82 Å². The van der Waals surface area contributed by atoms with Crippen molar-refractivity contribution in [1.29, 1.82) is 0 Å². The fourth-order valence-electron chi connectivity index (χ4n) is 4.88. The quantitative estimate of drug-likeness (QED) is 0.584. The Morgan fingerprint density at radius 1 is 1.06 bits per heavy atom. The summed E-state index contributed by atoms with van der Waals surface area (Å²) in [6.07, 6.45) is 3.55. The van der Waals surface area contributed by atoms with Crippen molar-refractivity contribution in [3.8, 4) is 5.75 Å². The van der Waals surface area contributed by atoms with Crippen molar-refractivity contribution >= 4 is 11.9 Å². The maximum atomic E-state index is 13.9. The molecular weight excluding hydrogens is 397 g/mol. The van der Waals surface area contributed by atoms with E-state index in [1.807, 2.05) is 42.2 Å². The van der Waals surface area contributed by atoms with Crippen LogP contribution < -0.4 is 4.74 Å². The van der Waals surface area contributed by atoms with Gasteiger partial charge in [0, 0.05) is 18.0 Å². The third-order valence-corrected chi connectivity index (χ3v) is 6.27. The number of halogens is 1. The highest BCUT2D eigenvalue weighted by Gasteiger charge is 2.44. The first-order valence-corrected chi connectivity index (χ1v) is 11.0. The molecule has 0 spiro atoms. The Bertz CT molecular complexity index is 918. The molecule has 4 rings (SSSR count). The minimum absolute atomic E-state index is 0.0335. The highest BCUT2D eigenvalue weighted by atomic mass is 19.1. The molecule has 2 unspecified atom stereocenters. The van der Waals surface area contributed by atoms with E-state index in [0.29, 0.717) is 30.8 Å². The second-order valence-corrected chi connectivity index (χ2v) is 8.29. The molecule has 6 heteroatoms. The lowest BCUT2D eigenvalue weighted by molar-refractivity contribution is 0.00465. The number of carbonyl (C=O) groups is 2. The van der Waals surface area contributed by atoms with E-state index in [2.05, 4.69) is 0 Å². The number of Topliss-reactive ketones (excluding diaryl/α,β-unsaturated/α-hetero) is 1. The topological polar surface area (TPSA) is 55.8 Å². The molecule has 2 heterocycles. The van der Waals surface area contributed by atoms with Gasteiger partial charge >= 0.3 is 6.09 Å². The van der Waals surface area contributed by atoms with E-state index in [1.54, 1.807) is 0 Å². The number of ketones is 1. The molecule has 2 fully saturated rings. The number of hydrogen-bond donors (Lipinski definition) is 0. The summed E-state index contributed by atoms with van der Waals surface area (Å²) in [6.45, 7) is 2.48. The zero-order valence-electron chi connectivity index (χ0n) is 17.8. The van der Waals surface area contributed by atoms with Crippen LogP contribution in [0.2, 0.25) is 0 Å². The Morgan fingerprint density at radius 2 is 1.77 bits per heavy atom. The monoisotopic (exact) mass is 425 g/mol. The molecule has 0 N–H and O–H groups in total. The Morgan fingerprint density at radius 3 is 2.45 bits per heavy atom. The van der Waals surface area contributed by atoms with Crippen molar-refractivity contribution in [1.82, 2.24) is 4.90 Å². The van der Waals surface area contributed by atoms with Gasteiger partial charge in [-0.05, 0) is 62.8 Å². The summed E-state index contributed by atoms with van der Waals surface area (Å²) in [6, 6.07) is 13.6. The van der Waals surface area contributed by atoms with Crippen molar-refractivity contribution in [3.05, 3.63) is 65.5 Å². The van der Waals surface area contributed by atoms with Gasteiger partial charge in [-0.15, -0.1) is 0 Å². The van der Waals surface area contributed by atoms with Crippen LogP contribution in [0.4, 0.5) is 9.18 Å². The Balaban J connectivity index is 1.46. The molecule has 2 saturated heterocycles. The number of benzene rings is 2. The minimum Gasteiger partial charge on any atom is -0.493 e. The molecule has 2 atom stereocenters. The molecule has 2 aliphatic heterocycles. The Hall–Kier alpha value is -2.89. The molecular formula is C25H28FNO4. The van der Waals surface area contributed by atoms with Crippen LogP contribution in [0.5, 0.6) is 5.75 Å². The van der Waals surface area contributed by atoms with Crippen molar-refractivity contribution < 1.29 is 23.5 Å². The van der Waals surface area contributed by atoms with Gasteiger partial charge in [0.1, 0.15) is 18.2 Å². The molecule has 2 bridgehead atoms. The second-order valence-electron chi connectivity index (χ2n) is 8.29. The van der Waals surface area contributed by atoms with Crippen LogP contribution >= 0.6 is 0 Å². The van der Waals surface area contributed by atoms with Gasteiger partial charge in [0.25, 0.3) is 0 Å². The summed E-state index contributed by atoms with van der Waals surface area (Å²) in [5.74, 6) is -0.385. The standard InChI is InChI=1S/C25H28FNO4/c1-2-30-23-12-11-19(26)15-22(23)24(28)18-13-20-9-6-10-21(14-18)27(20)25(29)31-16-17-7-4-3-5-8-17/h3-5,7-8,11-12,15,18,20-21H,2,6,9-10,13-14,16H2,1H3. The lowest BCUT2D eigenvalue weighted by Crippen LogP contribution is -2.55. The number of nitrogens with zero attached hydrogens (tertiary/aromatic N) is 1. The first kappa shape index (κ1) is 21.3. The van der Waals surface area contributed by atoms with E-state index in [0.717, 1.165) is 24.8 Å². The molecule has 0 aromatic heterocycles. The highest BCUT2D eigenvalue weighted by Crippen LogP contribution is 2.39. The molecule has 2 aromatic rings. The molecule has 5 nitrogen and oxygen atoms in total. The zero-order valence-corrected chi connectivity index (χ0v) is 17.8. The summed E-state index contributed by atoms with van der Waals surface area (Å²) >= 11 is 0.